The number of carbonyl (C=O) groups excluding carboxylic acids is 1. The fourth-order valence-electron chi connectivity index (χ4n) is 5.18. The molecule has 190 valence electrons. The van der Waals surface area contributed by atoms with Crippen molar-refractivity contribution in [2.75, 3.05) is 19.6 Å². The molecule has 8 nitrogen and oxygen atoms in total. The third kappa shape index (κ3) is 4.82. The van der Waals surface area contributed by atoms with Gasteiger partial charge < -0.3 is 4.90 Å². The zero-order valence-electron chi connectivity index (χ0n) is 20.5. The first-order valence-electron chi connectivity index (χ1n) is 12.3. The number of hydrogen-bond donors (Lipinski definition) is 0. The van der Waals surface area contributed by atoms with Crippen molar-refractivity contribution >= 4 is 22.5 Å². The number of imidazole rings is 1. The van der Waals surface area contributed by atoms with E-state index in [4.69, 9.17) is 0 Å². The number of benzene rings is 3. The largest absolute Gasteiger partial charge is 0.333 e. The van der Waals surface area contributed by atoms with Gasteiger partial charge >= 0.3 is 5.69 Å². The molecule has 1 aromatic heterocycles. The van der Waals surface area contributed by atoms with Crippen molar-refractivity contribution in [3.63, 3.8) is 0 Å². The smallest absolute Gasteiger partial charge is 0.302 e. The minimum Gasteiger partial charge on any atom is -0.302 e. The highest BCUT2D eigenvalue weighted by molar-refractivity contribution is 5.97. The number of hydrogen-bond acceptors (Lipinski definition) is 5. The lowest BCUT2D eigenvalue weighted by Gasteiger charge is -2.31. The molecule has 1 aliphatic rings. The number of para-hydroxylation sites is 1. The molecule has 0 amide bonds. The minimum absolute atomic E-state index is 0.0476. The van der Waals surface area contributed by atoms with Crippen molar-refractivity contribution in [2.45, 2.75) is 26.3 Å². The van der Waals surface area contributed by atoms with Gasteiger partial charge in [0, 0.05) is 36.7 Å². The van der Waals surface area contributed by atoms with Gasteiger partial charge in [0.1, 0.15) is 5.82 Å². The van der Waals surface area contributed by atoms with Gasteiger partial charge in [-0.1, -0.05) is 18.2 Å². The first-order valence-corrected chi connectivity index (χ1v) is 12.3. The molecule has 3 aromatic carbocycles. The number of ketones is 1. The number of fused-ring (bicyclic) bond motifs is 1. The zero-order valence-corrected chi connectivity index (χ0v) is 20.5. The first-order chi connectivity index (χ1) is 17.8. The summed E-state index contributed by atoms with van der Waals surface area (Å²) in [5, 5.41) is 11.3. The summed E-state index contributed by atoms with van der Waals surface area (Å²) in [5.74, 6) is -0.405. The van der Waals surface area contributed by atoms with Crippen molar-refractivity contribution in [1.29, 1.82) is 0 Å². The van der Waals surface area contributed by atoms with Crippen LogP contribution in [-0.2, 0) is 6.54 Å². The summed E-state index contributed by atoms with van der Waals surface area (Å²) in [4.78, 5) is 39.5. The number of likely N-dealkylation sites (tertiary alicyclic amines) is 1. The van der Waals surface area contributed by atoms with Crippen molar-refractivity contribution < 1.29 is 14.1 Å². The van der Waals surface area contributed by atoms with Crippen molar-refractivity contribution in [3.05, 3.63) is 104 Å². The molecule has 0 aliphatic carbocycles. The molecule has 37 heavy (non-hydrogen) atoms. The number of non-ortho nitro benzene ring substituents is 1. The Morgan fingerprint density at radius 3 is 2.43 bits per heavy atom. The number of halogens is 1. The van der Waals surface area contributed by atoms with E-state index in [1.54, 1.807) is 21.3 Å². The minimum atomic E-state index is -0.467. The molecule has 9 heteroatoms. The predicted octanol–water partition coefficient (Wildman–Crippen LogP) is 4.74. The highest BCUT2D eigenvalue weighted by Crippen LogP contribution is 2.25. The van der Waals surface area contributed by atoms with Crippen LogP contribution < -0.4 is 5.69 Å². The summed E-state index contributed by atoms with van der Waals surface area (Å²) >= 11 is 0. The van der Waals surface area contributed by atoms with E-state index < -0.39 is 4.92 Å². The molecule has 0 radical (unpaired) electrons. The Balaban J connectivity index is 1.34. The molecular weight excluding hydrogens is 475 g/mol. The number of nitro groups is 1. The van der Waals surface area contributed by atoms with Crippen LogP contribution in [0.3, 0.4) is 0 Å². The van der Waals surface area contributed by atoms with E-state index in [-0.39, 0.29) is 28.9 Å². The molecule has 4 aromatic rings. The summed E-state index contributed by atoms with van der Waals surface area (Å²) in [6, 6.07) is 17.5. The van der Waals surface area contributed by atoms with Crippen molar-refractivity contribution in [1.82, 2.24) is 14.0 Å². The molecule has 2 heterocycles. The molecule has 0 unspecified atom stereocenters. The summed E-state index contributed by atoms with van der Waals surface area (Å²) in [6.07, 6.45) is 1.42. The van der Waals surface area contributed by atoms with Crippen LogP contribution in [0, 0.1) is 28.8 Å². The topological polar surface area (TPSA) is 90.4 Å². The second kappa shape index (κ2) is 10.1. The summed E-state index contributed by atoms with van der Waals surface area (Å²) < 4.78 is 16.5. The number of carbonyl (C=O) groups is 1. The van der Waals surface area contributed by atoms with E-state index in [2.05, 4.69) is 4.90 Å². The van der Waals surface area contributed by atoms with Gasteiger partial charge in [0.2, 0.25) is 0 Å². The fourth-order valence-corrected chi connectivity index (χ4v) is 5.18. The maximum Gasteiger partial charge on any atom is 0.333 e. The Hall–Kier alpha value is -4.11. The molecule has 0 spiro atoms. The Morgan fingerprint density at radius 2 is 1.73 bits per heavy atom. The first kappa shape index (κ1) is 24.6. The molecule has 1 aliphatic heterocycles. The summed E-state index contributed by atoms with van der Waals surface area (Å²) in [5.41, 5.74) is 3.09. The number of nitro benzene ring substituents is 1. The van der Waals surface area contributed by atoms with Crippen LogP contribution in [0.2, 0.25) is 0 Å². The van der Waals surface area contributed by atoms with E-state index >= 15 is 0 Å². The lowest BCUT2D eigenvalue weighted by molar-refractivity contribution is -0.384. The quantitative estimate of drug-likeness (QED) is 0.207. The van der Waals surface area contributed by atoms with Gasteiger partial charge in [-0.2, -0.15) is 0 Å². The van der Waals surface area contributed by atoms with Gasteiger partial charge in [0.05, 0.1) is 21.6 Å². The number of Topliss-reactive ketones (excluding diaryl/α,β-unsaturated/α-hetero) is 1. The van der Waals surface area contributed by atoms with Crippen molar-refractivity contribution in [2.24, 2.45) is 5.92 Å². The molecule has 0 saturated carbocycles. The Bertz CT molecular complexity index is 1530. The summed E-state index contributed by atoms with van der Waals surface area (Å²) in [6.45, 7) is 4.48. The molecule has 5 rings (SSSR count). The summed E-state index contributed by atoms with van der Waals surface area (Å²) in [7, 11) is 0. The normalized spacial score (nSPS) is 14.8. The second-order valence-electron chi connectivity index (χ2n) is 9.48. The standard InChI is InChI=1S/C28H27FN4O4/c1-19-4-2-7-25-26(19)32(23-5-3-6-24(18-23)33(36)37)28(35)31(25)17-16-30-14-12-21(13-15-30)27(34)20-8-10-22(29)11-9-20/h2-11,18,21H,12-17H2,1H3. The van der Waals surface area contributed by atoms with Crippen LogP contribution in [0.5, 0.6) is 0 Å². The van der Waals surface area contributed by atoms with E-state index in [1.807, 2.05) is 25.1 Å². The van der Waals surface area contributed by atoms with Gasteiger partial charge in [0.25, 0.3) is 5.69 Å². The Labute approximate surface area is 212 Å². The average molecular weight is 503 g/mol. The maximum atomic E-state index is 13.6. The zero-order chi connectivity index (χ0) is 26.1. The molecule has 0 atom stereocenters. The SMILES string of the molecule is Cc1cccc2c1n(-c1cccc([N+](=O)[O-])c1)c(=O)n2CCN1CCC(C(=O)c2ccc(F)cc2)CC1. The van der Waals surface area contributed by atoms with Crippen LogP contribution in [-0.4, -0.2) is 44.4 Å². The Morgan fingerprint density at radius 1 is 1.03 bits per heavy atom. The molecule has 0 bridgehead atoms. The third-order valence-corrected chi connectivity index (χ3v) is 7.18. The van der Waals surface area contributed by atoms with Gasteiger partial charge in [-0.05, 0) is 74.8 Å². The van der Waals surface area contributed by atoms with Gasteiger partial charge in [-0.25, -0.2) is 9.18 Å². The van der Waals surface area contributed by atoms with Crippen LogP contribution in [0.1, 0.15) is 28.8 Å². The van der Waals surface area contributed by atoms with Crippen LogP contribution in [0.25, 0.3) is 16.7 Å². The van der Waals surface area contributed by atoms with Crippen LogP contribution in [0.4, 0.5) is 10.1 Å². The van der Waals surface area contributed by atoms with Crippen molar-refractivity contribution in [3.8, 4) is 5.69 Å². The van der Waals surface area contributed by atoms with Crippen LogP contribution >= 0.6 is 0 Å². The van der Waals surface area contributed by atoms with E-state index in [1.165, 1.54) is 36.4 Å². The fraction of sp³-hybridized carbons (Fsp3) is 0.286. The average Bonchev–Trinajstić information content (AvgIpc) is 3.20. The van der Waals surface area contributed by atoms with Crippen LogP contribution in [0.15, 0.2) is 71.5 Å². The van der Waals surface area contributed by atoms with E-state index in [9.17, 15) is 24.1 Å². The lowest BCUT2D eigenvalue weighted by atomic mass is 9.89. The van der Waals surface area contributed by atoms with Gasteiger partial charge in [-0.3, -0.25) is 24.0 Å². The highest BCUT2D eigenvalue weighted by Gasteiger charge is 2.26. The van der Waals surface area contributed by atoms with E-state index in [0.717, 1.165) is 29.7 Å². The molecular formula is C28H27FN4O4. The second-order valence-corrected chi connectivity index (χ2v) is 9.48. The number of aromatic nitrogens is 2. The molecule has 0 N–H and O–H groups in total. The van der Waals surface area contributed by atoms with Gasteiger partial charge in [-0.15, -0.1) is 0 Å². The molecule has 1 saturated heterocycles. The number of piperidine rings is 1. The van der Waals surface area contributed by atoms with Gasteiger partial charge in [0.15, 0.2) is 5.78 Å². The highest BCUT2D eigenvalue weighted by atomic mass is 19.1. The molecule has 1 fully saturated rings. The third-order valence-electron chi connectivity index (χ3n) is 7.18. The Kier molecular flexibility index (Phi) is 6.71. The number of rotatable bonds is 7. The van der Waals surface area contributed by atoms with E-state index in [0.29, 0.717) is 37.2 Å². The predicted molar refractivity (Wildman–Crippen MR) is 139 cm³/mol. The monoisotopic (exact) mass is 502 g/mol. The number of aryl methyl sites for hydroxylation is 1. The lowest BCUT2D eigenvalue weighted by Crippen LogP contribution is -2.39. The maximum absolute atomic E-state index is 13.6. The number of nitrogens with zero attached hydrogens (tertiary/aromatic N) is 4.